The second-order valence-electron chi connectivity index (χ2n) is 7.48. The number of benzene rings is 1. The van der Waals surface area contributed by atoms with Gasteiger partial charge in [-0.15, -0.1) is 0 Å². The Morgan fingerprint density at radius 2 is 1.74 bits per heavy atom. The lowest BCUT2D eigenvalue weighted by molar-refractivity contribution is 0.0445. The van der Waals surface area contributed by atoms with Gasteiger partial charge >= 0.3 is 12.2 Å². The van der Waals surface area contributed by atoms with E-state index in [9.17, 15) is 9.59 Å². The van der Waals surface area contributed by atoms with E-state index in [1.165, 1.54) is 5.56 Å². The van der Waals surface area contributed by atoms with Crippen LogP contribution in [-0.2, 0) is 15.9 Å². The largest absolute Gasteiger partial charge is 0.449 e. The topological polar surface area (TPSA) is 67.9 Å². The molecule has 6 nitrogen and oxygen atoms in total. The van der Waals surface area contributed by atoms with Gasteiger partial charge in [0.1, 0.15) is 6.10 Å². The fraction of sp³-hybridized carbons (Fsp3) is 0.619. The number of carbonyl (C=O) groups excluding carboxylic acids is 2. The zero-order chi connectivity index (χ0) is 18.9. The summed E-state index contributed by atoms with van der Waals surface area (Å²) in [6.07, 6.45) is 5.91. The van der Waals surface area contributed by atoms with E-state index in [2.05, 4.69) is 5.32 Å². The maximum atomic E-state index is 11.9. The van der Waals surface area contributed by atoms with Crippen LogP contribution in [-0.4, -0.2) is 49.4 Å². The van der Waals surface area contributed by atoms with Crippen LogP contribution in [0.25, 0.3) is 0 Å². The Labute approximate surface area is 161 Å². The Balaban J connectivity index is 1.26. The lowest BCUT2D eigenvalue weighted by Gasteiger charge is -2.28. The van der Waals surface area contributed by atoms with Gasteiger partial charge in [0.2, 0.25) is 0 Å². The first kappa shape index (κ1) is 19.5. The fourth-order valence-electron chi connectivity index (χ4n) is 3.74. The maximum Gasteiger partial charge on any atom is 0.409 e. The first-order chi connectivity index (χ1) is 13.2. The molecule has 2 aliphatic rings. The van der Waals surface area contributed by atoms with Crippen molar-refractivity contribution in [3.63, 3.8) is 0 Å². The van der Waals surface area contributed by atoms with Gasteiger partial charge < -0.3 is 19.7 Å². The second-order valence-corrected chi connectivity index (χ2v) is 7.48. The van der Waals surface area contributed by atoms with E-state index in [4.69, 9.17) is 9.47 Å². The Morgan fingerprint density at radius 3 is 2.44 bits per heavy atom. The van der Waals surface area contributed by atoms with Crippen molar-refractivity contribution in [3.8, 4) is 0 Å². The summed E-state index contributed by atoms with van der Waals surface area (Å²) in [4.78, 5) is 25.6. The number of likely N-dealkylation sites (tertiary alicyclic amines) is 1. The normalized spacial score (nSPS) is 22.3. The van der Waals surface area contributed by atoms with E-state index in [1.54, 1.807) is 4.90 Å². The molecule has 2 fully saturated rings. The van der Waals surface area contributed by atoms with Gasteiger partial charge in [0, 0.05) is 19.6 Å². The van der Waals surface area contributed by atoms with Gasteiger partial charge in [-0.3, -0.25) is 0 Å². The van der Waals surface area contributed by atoms with E-state index in [0.717, 1.165) is 58.0 Å². The van der Waals surface area contributed by atoms with Crippen LogP contribution in [0.3, 0.4) is 0 Å². The number of carbonyl (C=O) groups is 2. The van der Waals surface area contributed by atoms with Crippen LogP contribution < -0.4 is 5.32 Å². The van der Waals surface area contributed by atoms with Gasteiger partial charge in [0.25, 0.3) is 0 Å². The van der Waals surface area contributed by atoms with Crippen LogP contribution in [0.4, 0.5) is 9.59 Å². The molecule has 3 rings (SSSR count). The molecule has 0 atom stereocenters. The quantitative estimate of drug-likeness (QED) is 0.823. The highest BCUT2D eigenvalue weighted by Crippen LogP contribution is 2.26. The Morgan fingerprint density at radius 1 is 1.04 bits per heavy atom. The van der Waals surface area contributed by atoms with Gasteiger partial charge in [0.05, 0.1) is 6.61 Å². The predicted octanol–water partition coefficient (Wildman–Crippen LogP) is 3.75. The summed E-state index contributed by atoms with van der Waals surface area (Å²) in [6, 6.07) is 10.1. The number of nitrogens with one attached hydrogen (secondary N) is 1. The lowest BCUT2D eigenvalue weighted by Crippen LogP contribution is -2.34. The van der Waals surface area contributed by atoms with Crippen LogP contribution >= 0.6 is 0 Å². The fourth-order valence-corrected chi connectivity index (χ4v) is 3.74. The van der Waals surface area contributed by atoms with Gasteiger partial charge in [-0.2, -0.15) is 0 Å². The minimum Gasteiger partial charge on any atom is -0.449 e. The molecule has 1 saturated heterocycles. The molecule has 148 valence electrons. The molecule has 1 aliphatic carbocycles. The third-order valence-corrected chi connectivity index (χ3v) is 5.40. The van der Waals surface area contributed by atoms with Crippen LogP contribution in [0.5, 0.6) is 0 Å². The third-order valence-electron chi connectivity index (χ3n) is 5.40. The maximum absolute atomic E-state index is 11.9. The van der Waals surface area contributed by atoms with E-state index in [1.807, 2.05) is 30.3 Å². The smallest absolute Gasteiger partial charge is 0.409 e. The monoisotopic (exact) mass is 374 g/mol. The first-order valence-corrected chi connectivity index (χ1v) is 10.1. The highest BCUT2D eigenvalue weighted by Gasteiger charge is 2.26. The van der Waals surface area contributed by atoms with E-state index in [-0.39, 0.29) is 18.3 Å². The van der Waals surface area contributed by atoms with E-state index in [0.29, 0.717) is 19.1 Å². The molecule has 2 amide bonds. The number of nitrogens with zero attached hydrogens (tertiary/aromatic N) is 1. The highest BCUT2D eigenvalue weighted by molar-refractivity contribution is 5.68. The Bertz CT molecular complexity index is 593. The van der Waals surface area contributed by atoms with Crippen molar-refractivity contribution in [1.82, 2.24) is 10.2 Å². The summed E-state index contributed by atoms with van der Waals surface area (Å²) >= 11 is 0. The highest BCUT2D eigenvalue weighted by atomic mass is 16.6. The van der Waals surface area contributed by atoms with Crippen LogP contribution in [0.1, 0.15) is 44.1 Å². The molecule has 1 saturated carbocycles. The number of rotatable bonds is 6. The van der Waals surface area contributed by atoms with Crippen molar-refractivity contribution in [3.05, 3.63) is 35.9 Å². The molecule has 1 aromatic carbocycles. The summed E-state index contributed by atoms with van der Waals surface area (Å²) < 4.78 is 11.0. The van der Waals surface area contributed by atoms with Crippen molar-refractivity contribution in [2.45, 2.75) is 51.0 Å². The minimum absolute atomic E-state index is 0.0349. The summed E-state index contributed by atoms with van der Waals surface area (Å²) in [6.45, 7) is 2.69. The molecule has 0 bridgehead atoms. The number of alkyl carbamates (subject to hydrolysis) is 1. The molecule has 0 unspecified atom stereocenters. The van der Waals surface area contributed by atoms with Gasteiger partial charge in [-0.1, -0.05) is 30.3 Å². The number of hydrogen-bond acceptors (Lipinski definition) is 4. The lowest BCUT2D eigenvalue weighted by atomic mass is 9.88. The molecule has 1 heterocycles. The standard InChI is InChI=1S/C21H30N2O4/c24-20(22-13-12-17-6-2-1-3-7-17)27-19-10-8-18(9-11-19)16-26-21(25)23-14-4-5-15-23/h1-3,6-7,18-19H,4-5,8-16H2,(H,22,24). The average molecular weight is 374 g/mol. The molecule has 1 aliphatic heterocycles. The molecular formula is C21H30N2O4. The first-order valence-electron chi connectivity index (χ1n) is 10.1. The van der Waals surface area contributed by atoms with Gasteiger partial charge in [0.15, 0.2) is 0 Å². The average Bonchev–Trinajstić information content (AvgIpc) is 3.23. The van der Waals surface area contributed by atoms with Crippen LogP contribution in [0.15, 0.2) is 30.3 Å². The van der Waals surface area contributed by atoms with Crippen LogP contribution in [0.2, 0.25) is 0 Å². The zero-order valence-corrected chi connectivity index (χ0v) is 15.9. The summed E-state index contributed by atoms with van der Waals surface area (Å²) in [5.74, 6) is 0.373. The molecule has 1 aromatic rings. The van der Waals surface area contributed by atoms with Crippen molar-refractivity contribution in [2.24, 2.45) is 5.92 Å². The molecule has 0 aromatic heterocycles. The SMILES string of the molecule is O=C(NCCc1ccccc1)OC1CCC(COC(=O)N2CCCC2)CC1. The molecule has 6 heteroatoms. The van der Waals surface area contributed by atoms with Crippen molar-refractivity contribution >= 4 is 12.2 Å². The zero-order valence-electron chi connectivity index (χ0n) is 15.9. The summed E-state index contributed by atoms with van der Waals surface area (Å²) in [5.41, 5.74) is 1.20. The van der Waals surface area contributed by atoms with Gasteiger partial charge in [-0.05, 0) is 56.4 Å². The molecule has 0 radical (unpaired) electrons. The summed E-state index contributed by atoms with van der Waals surface area (Å²) in [7, 11) is 0. The van der Waals surface area contributed by atoms with Crippen molar-refractivity contribution in [1.29, 1.82) is 0 Å². The van der Waals surface area contributed by atoms with E-state index >= 15 is 0 Å². The van der Waals surface area contributed by atoms with Gasteiger partial charge in [-0.25, -0.2) is 9.59 Å². The van der Waals surface area contributed by atoms with E-state index < -0.39 is 0 Å². The molecule has 1 N–H and O–H groups in total. The number of ether oxygens (including phenoxy) is 2. The van der Waals surface area contributed by atoms with Crippen molar-refractivity contribution in [2.75, 3.05) is 26.2 Å². The Kier molecular flexibility index (Phi) is 7.36. The third kappa shape index (κ3) is 6.45. The second kappa shape index (κ2) is 10.2. The molecule has 0 spiro atoms. The van der Waals surface area contributed by atoms with Crippen molar-refractivity contribution < 1.29 is 19.1 Å². The number of hydrogen-bond donors (Lipinski definition) is 1. The minimum atomic E-state index is -0.338. The number of amides is 2. The molecule has 27 heavy (non-hydrogen) atoms. The predicted molar refractivity (Wildman–Crippen MR) is 103 cm³/mol. The summed E-state index contributed by atoms with van der Waals surface area (Å²) in [5, 5.41) is 2.82. The molecular weight excluding hydrogens is 344 g/mol. The Hall–Kier alpha value is -2.24. The van der Waals surface area contributed by atoms with Crippen LogP contribution in [0, 0.1) is 5.92 Å².